The van der Waals surface area contributed by atoms with Crippen LogP contribution in [0.15, 0.2) is 18.2 Å². The van der Waals surface area contributed by atoms with Crippen LogP contribution < -0.4 is 26.0 Å². The number of carbonyl (C=O) groups is 2. The van der Waals surface area contributed by atoms with E-state index in [-0.39, 0.29) is 11.9 Å². The van der Waals surface area contributed by atoms with Gasteiger partial charge in [-0.3, -0.25) is 9.69 Å². The number of urea groups is 1. The molecule has 1 aliphatic rings. The molecule has 0 radical (unpaired) electrons. The van der Waals surface area contributed by atoms with Gasteiger partial charge in [0.1, 0.15) is 5.75 Å². The van der Waals surface area contributed by atoms with Gasteiger partial charge in [-0.2, -0.15) is 0 Å². The van der Waals surface area contributed by atoms with E-state index in [1.54, 1.807) is 23.1 Å². The van der Waals surface area contributed by atoms with Gasteiger partial charge in [-0.15, -0.1) is 0 Å². The summed E-state index contributed by atoms with van der Waals surface area (Å²) in [5.41, 5.74) is 6.17. The normalized spacial score (nSPS) is 14.7. The molecule has 7 nitrogen and oxygen atoms in total. The molecule has 0 saturated carbocycles. The summed E-state index contributed by atoms with van der Waals surface area (Å²) in [5.74, 6) is 0.311. The highest BCUT2D eigenvalue weighted by Crippen LogP contribution is 2.30. The molecule has 4 N–H and O–H groups in total. The van der Waals surface area contributed by atoms with Crippen molar-refractivity contribution >= 4 is 17.6 Å². The Morgan fingerprint density at radius 3 is 2.77 bits per heavy atom. The van der Waals surface area contributed by atoms with E-state index in [0.717, 1.165) is 0 Å². The molecule has 1 aromatic carbocycles. The van der Waals surface area contributed by atoms with Gasteiger partial charge in [0.05, 0.1) is 12.8 Å². The molecule has 22 heavy (non-hydrogen) atoms. The molecule has 0 aromatic heterocycles. The number of rotatable bonds is 5. The molecule has 1 heterocycles. The van der Waals surface area contributed by atoms with Crippen molar-refractivity contribution in [2.75, 3.05) is 31.6 Å². The van der Waals surface area contributed by atoms with E-state index in [1.165, 1.54) is 7.11 Å². The SMILES string of the molecule is COc1ccc(C(=O)NC(C)(C)CN)cc1N1CCNC1=O. The molecular weight excluding hydrogens is 284 g/mol. The van der Waals surface area contributed by atoms with Crippen molar-refractivity contribution in [1.29, 1.82) is 0 Å². The monoisotopic (exact) mass is 306 g/mol. The fourth-order valence-corrected chi connectivity index (χ4v) is 2.17. The van der Waals surface area contributed by atoms with Gasteiger partial charge in [0.15, 0.2) is 0 Å². The quantitative estimate of drug-likeness (QED) is 0.745. The largest absolute Gasteiger partial charge is 0.495 e. The first kappa shape index (κ1) is 16.1. The average Bonchev–Trinajstić information content (AvgIpc) is 2.92. The number of nitrogens with one attached hydrogen (secondary N) is 2. The van der Waals surface area contributed by atoms with Crippen LogP contribution in [0.2, 0.25) is 0 Å². The van der Waals surface area contributed by atoms with Gasteiger partial charge < -0.3 is 21.1 Å². The second-order valence-electron chi connectivity index (χ2n) is 5.81. The van der Waals surface area contributed by atoms with Gasteiger partial charge in [-0.05, 0) is 32.0 Å². The van der Waals surface area contributed by atoms with Crippen molar-refractivity contribution in [3.63, 3.8) is 0 Å². The fraction of sp³-hybridized carbons (Fsp3) is 0.467. The first-order chi connectivity index (χ1) is 10.4. The molecule has 7 heteroatoms. The van der Waals surface area contributed by atoms with Crippen LogP contribution >= 0.6 is 0 Å². The number of amides is 3. The van der Waals surface area contributed by atoms with Gasteiger partial charge in [0, 0.05) is 30.7 Å². The lowest BCUT2D eigenvalue weighted by Crippen LogP contribution is -2.48. The molecule has 1 aromatic rings. The van der Waals surface area contributed by atoms with Crippen molar-refractivity contribution in [3.8, 4) is 5.75 Å². The maximum atomic E-state index is 12.3. The Hall–Kier alpha value is -2.28. The van der Waals surface area contributed by atoms with E-state index in [2.05, 4.69) is 10.6 Å². The third-order valence-electron chi connectivity index (χ3n) is 3.55. The molecule has 1 aliphatic heterocycles. The van der Waals surface area contributed by atoms with Crippen molar-refractivity contribution in [3.05, 3.63) is 23.8 Å². The summed E-state index contributed by atoms with van der Waals surface area (Å²) in [6.45, 7) is 5.13. The van der Waals surface area contributed by atoms with E-state index in [0.29, 0.717) is 36.6 Å². The summed E-state index contributed by atoms with van der Waals surface area (Å²) in [6.07, 6.45) is 0. The van der Waals surface area contributed by atoms with Crippen LogP contribution in [0.4, 0.5) is 10.5 Å². The van der Waals surface area contributed by atoms with Crippen molar-refractivity contribution in [1.82, 2.24) is 10.6 Å². The lowest BCUT2D eigenvalue weighted by molar-refractivity contribution is 0.0915. The minimum absolute atomic E-state index is 0.196. The van der Waals surface area contributed by atoms with Gasteiger partial charge in [-0.1, -0.05) is 0 Å². The molecule has 1 saturated heterocycles. The minimum Gasteiger partial charge on any atom is -0.495 e. The predicted octanol–water partition coefficient (Wildman–Crippen LogP) is 0.692. The molecular formula is C15H22N4O3. The van der Waals surface area contributed by atoms with Crippen LogP contribution in [0.3, 0.4) is 0 Å². The second-order valence-corrected chi connectivity index (χ2v) is 5.81. The first-order valence-corrected chi connectivity index (χ1v) is 7.14. The topological polar surface area (TPSA) is 96.7 Å². The number of methoxy groups -OCH3 is 1. The van der Waals surface area contributed by atoms with E-state index >= 15 is 0 Å². The Bertz CT molecular complexity index is 586. The third kappa shape index (κ3) is 3.30. The summed E-state index contributed by atoms with van der Waals surface area (Å²) in [6, 6.07) is 4.81. The Balaban J connectivity index is 2.31. The predicted molar refractivity (Wildman–Crippen MR) is 84.3 cm³/mol. The molecule has 120 valence electrons. The maximum Gasteiger partial charge on any atom is 0.322 e. The van der Waals surface area contributed by atoms with Gasteiger partial charge in [-0.25, -0.2) is 4.79 Å². The molecule has 0 atom stereocenters. The van der Waals surface area contributed by atoms with E-state index in [9.17, 15) is 9.59 Å². The van der Waals surface area contributed by atoms with Crippen molar-refractivity contribution < 1.29 is 14.3 Å². The smallest absolute Gasteiger partial charge is 0.322 e. The molecule has 3 amide bonds. The summed E-state index contributed by atoms with van der Waals surface area (Å²) in [7, 11) is 1.53. The lowest BCUT2D eigenvalue weighted by atomic mass is 10.0. The standard InChI is InChI=1S/C15H22N4O3/c1-15(2,9-16)18-13(20)10-4-5-12(22-3)11(8-10)19-7-6-17-14(19)21/h4-5,8H,6-7,9,16H2,1-3H3,(H,17,21)(H,18,20). The number of benzene rings is 1. The molecule has 2 rings (SSSR count). The zero-order chi connectivity index (χ0) is 16.3. The number of anilines is 1. The van der Waals surface area contributed by atoms with E-state index < -0.39 is 5.54 Å². The molecule has 1 fully saturated rings. The molecule has 0 aliphatic carbocycles. The lowest BCUT2D eigenvalue weighted by Gasteiger charge is -2.25. The number of nitrogens with zero attached hydrogens (tertiary/aromatic N) is 1. The Labute approximate surface area is 129 Å². The number of hydrogen-bond acceptors (Lipinski definition) is 4. The number of carbonyl (C=O) groups excluding carboxylic acids is 2. The van der Waals surface area contributed by atoms with Gasteiger partial charge >= 0.3 is 6.03 Å². The van der Waals surface area contributed by atoms with Crippen LogP contribution in [0.5, 0.6) is 5.75 Å². The zero-order valence-corrected chi connectivity index (χ0v) is 13.1. The van der Waals surface area contributed by atoms with E-state index in [4.69, 9.17) is 10.5 Å². The number of ether oxygens (including phenoxy) is 1. The number of nitrogens with two attached hydrogens (primary N) is 1. The Morgan fingerprint density at radius 2 is 2.23 bits per heavy atom. The van der Waals surface area contributed by atoms with Gasteiger partial charge in [0.25, 0.3) is 5.91 Å². The van der Waals surface area contributed by atoms with Crippen molar-refractivity contribution in [2.24, 2.45) is 5.73 Å². The van der Waals surface area contributed by atoms with Crippen molar-refractivity contribution in [2.45, 2.75) is 19.4 Å². The third-order valence-corrected chi connectivity index (χ3v) is 3.55. The van der Waals surface area contributed by atoms with E-state index in [1.807, 2.05) is 13.8 Å². The summed E-state index contributed by atoms with van der Waals surface area (Å²) < 4.78 is 5.29. The van der Waals surface area contributed by atoms with Crippen LogP contribution in [-0.2, 0) is 0 Å². The highest BCUT2D eigenvalue weighted by molar-refractivity contribution is 6.00. The summed E-state index contributed by atoms with van der Waals surface area (Å²) in [4.78, 5) is 25.7. The van der Waals surface area contributed by atoms with Crippen LogP contribution in [-0.4, -0.2) is 44.2 Å². The molecule has 0 bridgehead atoms. The second kappa shape index (κ2) is 6.23. The Morgan fingerprint density at radius 1 is 1.50 bits per heavy atom. The first-order valence-electron chi connectivity index (χ1n) is 7.14. The van der Waals surface area contributed by atoms with Crippen LogP contribution in [0.1, 0.15) is 24.2 Å². The highest BCUT2D eigenvalue weighted by atomic mass is 16.5. The van der Waals surface area contributed by atoms with Crippen LogP contribution in [0, 0.1) is 0 Å². The summed E-state index contributed by atoms with van der Waals surface area (Å²) in [5, 5.41) is 5.59. The van der Waals surface area contributed by atoms with Gasteiger partial charge in [0.2, 0.25) is 0 Å². The zero-order valence-electron chi connectivity index (χ0n) is 13.1. The average molecular weight is 306 g/mol. The summed E-state index contributed by atoms with van der Waals surface area (Å²) >= 11 is 0. The number of hydrogen-bond donors (Lipinski definition) is 3. The highest BCUT2D eigenvalue weighted by Gasteiger charge is 2.26. The fourth-order valence-electron chi connectivity index (χ4n) is 2.17. The minimum atomic E-state index is -0.498. The van der Waals surface area contributed by atoms with Crippen LogP contribution in [0.25, 0.3) is 0 Å². The maximum absolute atomic E-state index is 12.3. The molecule has 0 spiro atoms. The Kier molecular flexibility index (Phi) is 4.56. The molecule has 0 unspecified atom stereocenters.